The zero-order valence-electron chi connectivity index (χ0n) is 23.7. The lowest BCUT2D eigenvalue weighted by Crippen LogP contribution is -2.63. The van der Waals surface area contributed by atoms with Crippen LogP contribution < -0.4 is 0 Å². The fourth-order valence-electron chi connectivity index (χ4n) is 5.83. The van der Waals surface area contributed by atoms with Gasteiger partial charge in [-0.05, 0) is 88.8 Å². The number of benzene rings is 2. The molecule has 7 heteroatoms. The third-order valence-corrected chi connectivity index (χ3v) is 7.51. The Morgan fingerprint density at radius 3 is 1.97 bits per heavy atom. The zero-order chi connectivity index (χ0) is 28.1. The first-order chi connectivity index (χ1) is 17.8. The minimum Gasteiger partial charge on any atom is -0.508 e. The molecule has 3 rings (SSSR count). The smallest absolute Gasteiger partial charge is 0.306 e. The third-order valence-electron chi connectivity index (χ3n) is 7.51. The maximum atomic E-state index is 12.7. The van der Waals surface area contributed by atoms with Crippen molar-refractivity contribution in [1.29, 1.82) is 0 Å². The van der Waals surface area contributed by atoms with E-state index in [1.54, 1.807) is 24.3 Å². The molecule has 2 aromatic carbocycles. The standard InChI is InChI=1S/C31H43NO6/c1-21-17-24(18-22(2)29(21)36)10-14-28(35)38-26-19-30(3,4)32(31(5,6)20-26)15-16-37-27(34)13-9-23-7-11-25(33)12-8-23/h7-8,11-12,17-18,26,33,36H,9-10,13-16,19-20H2,1-6H3. The molecule has 1 heterocycles. The normalized spacial score (nSPS) is 17.2. The van der Waals surface area contributed by atoms with Crippen molar-refractivity contribution in [3.8, 4) is 11.5 Å². The van der Waals surface area contributed by atoms with Crippen molar-refractivity contribution in [2.24, 2.45) is 0 Å². The Hall–Kier alpha value is -3.06. The molecule has 1 fully saturated rings. The number of carbonyl (C=O) groups is 2. The van der Waals surface area contributed by atoms with Crippen LogP contribution in [0.4, 0.5) is 0 Å². The summed E-state index contributed by atoms with van der Waals surface area (Å²) in [7, 11) is 0. The van der Waals surface area contributed by atoms with E-state index in [2.05, 4.69) is 32.6 Å². The molecule has 208 valence electrons. The monoisotopic (exact) mass is 525 g/mol. The Kier molecular flexibility index (Phi) is 9.47. The van der Waals surface area contributed by atoms with Crippen LogP contribution in [0.2, 0.25) is 0 Å². The maximum Gasteiger partial charge on any atom is 0.306 e. The quantitative estimate of drug-likeness (QED) is 0.402. The van der Waals surface area contributed by atoms with Crippen molar-refractivity contribution in [3.05, 3.63) is 58.7 Å². The number of carbonyl (C=O) groups excluding carboxylic acids is 2. The van der Waals surface area contributed by atoms with Gasteiger partial charge in [0.1, 0.15) is 24.2 Å². The predicted molar refractivity (Wildman–Crippen MR) is 147 cm³/mol. The highest BCUT2D eigenvalue weighted by atomic mass is 16.5. The van der Waals surface area contributed by atoms with Crippen LogP contribution in [0, 0.1) is 13.8 Å². The second-order valence-electron chi connectivity index (χ2n) is 11.8. The molecule has 0 amide bonds. The Balaban J connectivity index is 1.46. The van der Waals surface area contributed by atoms with Gasteiger partial charge in [-0.2, -0.15) is 0 Å². The van der Waals surface area contributed by atoms with E-state index < -0.39 is 0 Å². The summed E-state index contributed by atoms with van der Waals surface area (Å²) >= 11 is 0. The summed E-state index contributed by atoms with van der Waals surface area (Å²) in [5.41, 5.74) is 3.14. The number of esters is 2. The predicted octanol–water partition coefficient (Wildman–Crippen LogP) is 5.39. The summed E-state index contributed by atoms with van der Waals surface area (Å²) < 4.78 is 11.5. The SMILES string of the molecule is Cc1cc(CCC(=O)OC2CC(C)(C)N(CCOC(=O)CCc3ccc(O)cc3)C(C)(C)C2)cc(C)c1O. The van der Waals surface area contributed by atoms with E-state index in [-0.39, 0.29) is 34.9 Å². The Bertz CT molecular complexity index is 1080. The molecule has 2 N–H and O–H groups in total. The number of phenolic OH excluding ortho intramolecular Hbond substituents is 2. The first kappa shape index (κ1) is 29.5. The highest BCUT2D eigenvalue weighted by Gasteiger charge is 2.46. The maximum absolute atomic E-state index is 12.7. The second-order valence-corrected chi connectivity index (χ2v) is 11.8. The summed E-state index contributed by atoms with van der Waals surface area (Å²) in [6.07, 6.45) is 2.95. The molecule has 0 aromatic heterocycles. The second kappa shape index (κ2) is 12.2. The van der Waals surface area contributed by atoms with Crippen LogP contribution in [0.3, 0.4) is 0 Å². The van der Waals surface area contributed by atoms with Crippen LogP contribution in [0.15, 0.2) is 36.4 Å². The van der Waals surface area contributed by atoms with Crippen molar-refractivity contribution >= 4 is 11.9 Å². The number of hydrogen-bond acceptors (Lipinski definition) is 7. The number of ether oxygens (including phenoxy) is 2. The van der Waals surface area contributed by atoms with Gasteiger partial charge in [-0.15, -0.1) is 0 Å². The van der Waals surface area contributed by atoms with Crippen molar-refractivity contribution in [1.82, 2.24) is 4.90 Å². The number of nitrogens with zero attached hydrogens (tertiary/aromatic N) is 1. The average molecular weight is 526 g/mol. The number of hydrogen-bond donors (Lipinski definition) is 2. The summed E-state index contributed by atoms with van der Waals surface area (Å²) in [4.78, 5) is 27.3. The van der Waals surface area contributed by atoms with Gasteiger partial charge in [0.05, 0.1) is 0 Å². The highest BCUT2D eigenvalue weighted by Crippen LogP contribution is 2.39. The number of aromatic hydroxyl groups is 2. The van der Waals surface area contributed by atoms with Gasteiger partial charge in [0, 0.05) is 43.3 Å². The molecule has 0 spiro atoms. The molecule has 0 aliphatic carbocycles. The van der Waals surface area contributed by atoms with E-state index in [0.717, 1.165) is 22.3 Å². The van der Waals surface area contributed by atoms with Crippen molar-refractivity contribution < 1.29 is 29.3 Å². The fraction of sp³-hybridized carbons (Fsp3) is 0.548. The molecular weight excluding hydrogens is 482 g/mol. The van der Waals surface area contributed by atoms with Gasteiger partial charge in [-0.1, -0.05) is 24.3 Å². The Morgan fingerprint density at radius 2 is 1.39 bits per heavy atom. The summed E-state index contributed by atoms with van der Waals surface area (Å²) in [5.74, 6) is 0.0632. The van der Waals surface area contributed by atoms with Gasteiger partial charge in [-0.3, -0.25) is 14.5 Å². The van der Waals surface area contributed by atoms with Gasteiger partial charge in [0.2, 0.25) is 0 Å². The number of likely N-dealkylation sites (tertiary alicyclic amines) is 1. The molecule has 0 unspecified atom stereocenters. The molecule has 1 aliphatic rings. The summed E-state index contributed by atoms with van der Waals surface area (Å²) in [6, 6.07) is 10.7. The molecule has 0 atom stereocenters. The van der Waals surface area contributed by atoms with Gasteiger partial charge in [-0.25, -0.2) is 0 Å². The van der Waals surface area contributed by atoms with Crippen LogP contribution in [-0.2, 0) is 31.9 Å². The van der Waals surface area contributed by atoms with Crippen LogP contribution in [0.1, 0.15) is 75.6 Å². The molecule has 0 radical (unpaired) electrons. The minimum atomic E-state index is -0.240. The molecule has 38 heavy (non-hydrogen) atoms. The van der Waals surface area contributed by atoms with Crippen molar-refractivity contribution in [3.63, 3.8) is 0 Å². The largest absolute Gasteiger partial charge is 0.508 e. The van der Waals surface area contributed by atoms with E-state index in [0.29, 0.717) is 57.4 Å². The lowest BCUT2D eigenvalue weighted by atomic mass is 9.78. The highest BCUT2D eigenvalue weighted by molar-refractivity contribution is 5.70. The first-order valence-corrected chi connectivity index (χ1v) is 13.5. The Labute approximate surface area is 226 Å². The van der Waals surface area contributed by atoms with Crippen molar-refractivity contribution in [2.45, 2.75) is 97.2 Å². The number of phenols is 2. The fourth-order valence-corrected chi connectivity index (χ4v) is 5.83. The first-order valence-electron chi connectivity index (χ1n) is 13.5. The Morgan fingerprint density at radius 1 is 0.868 bits per heavy atom. The van der Waals surface area contributed by atoms with E-state index in [1.807, 2.05) is 26.0 Å². The van der Waals surface area contributed by atoms with Gasteiger partial charge in [0.15, 0.2) is 0 Å². The van der Waals surface area contributed by atoms with Gasteiger partial charge in [0.25, 0.3) is 0 Å². The van der Waals surface area contributed by atoms with E-state index in [4.69, 9.17) is 9.47 Å². The average Bonchev–Trinajstić information content (AvgIpc) is 2.81. The van der Waals surface area contributed by atoms with E-state index in [9.17, 15) is 19.8 Å². The van der Waals surface area contributed by atoms with E-state index in [1.165, 1.54) is 0 Å². The van der Waals surface area contributed by atoms with Gasteiger partial charge >= 0.3 is 11.9 Å². The number of rotatable bonds is 10. The van der Waals surface area contributed by atoms with E-state index >= 15 is 0 Å². The number of aryl methyl sites for hydroxylation is 4. The molecule has 7 nitrogen and oxygen atoms in total. The van der Waals surface area contributed by atoms with Crippen LogP contribution >= 0.6 is 0 Å². The van der Waals surface area contributed by atoms with Crippen molar-refractivity contribution in [2.75, 3.05) is 13.2 Å². The molecule has 0 saturated carbocycles. The molecule has 1 aliphatic heterocycles. The number of piperidine rings is 1. The van der Waals surface area contributed by atoms with Crippen LogP contribution in [0.5, 0.6) is 11.5 Å². The molecule has 2 aromatic rings. The molecule has 0 bridgehead atoms. The summed E-state index contributed by atoms with van der Waals surface area (Å²) in [5, 5.41) is 19.4. The molecular formula is C31H43NO6. The zero-order valence-corrected chi connectivity index (χ0v) is 23.7. The van der Waals surface area contributed by atoms with Crippen LogP contribution in [0.25, 0.3) is 0 Å². The molecule has 1 saturated heterocycles. The topological polar surface area (TPSA) is 96.3 Å². The minimum absolute atomic E-state index is 0.181. The van der Waals surface area contributed by atoms with Gasteiger partial charge < -0.3 is 19.7 Å². The van der Waals surface area contributed by atoms with Crippen LogP contribution in [-0.4, -0.2) is 57.4 Å². The lowest BCUT2D eigenvalue weighted by molar-refractivity contribution is -0.163. The lowest BCUT2D eigenvalue weighted by Gasteiger charge is -2.54. The summed E-state index contributed by atoms with van der Waals surface area (Å²) in [6.45, 7) is 13.2. The third kappa shape index (κ3) is 7.97.